The summed E-state index contributed by atoms with van der Waals surface area (Å²) >= 11 is 3.39. The van der Waals surface area contributed by atoms with E-state index in [2.05, 4.69) is 21.1 Å². The van der Waals surface area contributed by atoms with Crippen LogP contribution in [0.3, 0.4) is 0 Å². The molecular weight excluding hydrogens is 320 g/mol. The van der Waals surface area contributed by atoms with Gasteiger partial charge in [-0.3, -0.25) is 4.79 Å². The maximum atomic E-state index is 12.4. The van der Waals surface area contributed by atoms with Crippen LogP contribution >= 0.6 is 15.9 Å². The van der Waals surface area contributed by atoms with Gasteiger partial charge < -0.3 is 9.42 Å². The van der Waals surface area contributed by atoms with Gasteiger partial charge in [0.15, 0.2) is 0 Å². The Morgan fingerprint density at radius 3 is 2.45 bits per heavy atom. The van der Waals surface area contributed by atoms with Gasteiger partial charge in [-0.2, -0.15) is 0 Å². The second-order valence-electron chi connectivity index (χ2n) is 4.79. The maximum absolute atomic E-state index is 12.4. The Hall–Kier alpha value is -1.62. The molecule has 1 amide bonds. The first-order valence-electron chi connectivity index (χ1n) is 6.35. The van der Waals surface area contributed by atoms with E-state index in [1.807, 2.05) is 38.1 Å². The van der Waals surface area contributed by atoms with E-state index in [0.717, 1.165) is 27.9 Å². The van der Waals surface area contributed by atoms with E-state index < -0.39 is 0 Å². The van der Waals surface area contributed by atoms with Crippen LogP contribution in [0.2, 0.25) is 0 Å². The van der Waals surface area contributed by atoms with Gasteiger partial charge in [-0.05, 0) is 31.5 Å². The normalized spacial score (nSPS) is 10.6. The van der Waals surface area contributed by atoms with Gasteiger partial charge >= 0.3 is 0 Å². The number of nitrogens with zero attached hydrogens (tertiary/aromatic N) is 2. The van der Waals surface area contributed by atoms with Crippen LogP contribution in [0.5, 0.6) is 0 Å². The number of aromatic nitrogens is 1. The van der Waals surface area contributed by atoms with Crippen molar-refractivity contribution in [2.24, 2.45) is 0 Å². The fourth-order valence-corrected chi connectivity index (χ4v) is 2.37. The number of amides is 1. The fraction of sp³-hybridized carbons (Fsp3) is 0.333. The molecule has 1 aromatic carbocycles. The molecule has 0 saturated carbocycles. The van der Waals surface area contributed by atoms with Crippen LogP contribution in [0.1, 0.15) is 32.9 Å². The number of benzene rings is 1. The third kappa shape index (κ3) is 3.10. The Labute approximate surface area is 126 Å². The number of aryl methyl sites for hydroxylation is 2. The molecule has 0 N–H and O–H groups in total. The lowest BCUT2D eigenvalue weighted by molar-refractivity contribution is 0.0784. The van der Waals surface area contributed by atoms with Crippen molar-refractivity contribution in [3.8, 4) is 0 Å². The largest absolute Gasteiger partial charge is 0.361 e. The van der Waals surface area contributed by atoms with Crippen molar-refractivity contribution >= 4 is 21.8 Å². The number of alkyl halides is 1. The Morgan fingerprint density at radius 1 is 1.30 bits per heavy atom. The molecule has 0 unspecified atom stereocenters. The van der Waals surface area contributed by atoms with Crippen molar-refractivity contribution < 1.29 is 9.32 Å². The number of halogens is 1. The lowest BCUT2D eigenvalue weighted by atomic mass is 10.1. The molecule has 0 aliphatic rings. The Kier molecular flexibility index (Phi) is 4.60. The molecule has 0 aliphatic heterocycles. The van der Waals surface area contributed by atoms with Crippen molar-refractivity contribution in [2.45, 2.75) is 25.7 Å². The topological polar surface area (TPSA) is 46.3 Å². The fourth-order valence-electron chi connectivity index (χ4n) is 1.99. The molecular formula is C15H17BrN2O2. The molecule has 0 radical (unpaired) electrons. The average Bonchev–Trinajstić information content (AvgIpc) is 2.78. The van der Waals surface area contributed by atoms with Crippen molar-refractivity contribution in [1.82, 2.24) is 10.1 Å². The minimum absolute atomic E-state index is 0.00822. The summed E-state index contributed by atoms with van der Waals surface area (Å²) in [6.45, 7) is 4.24. The second-order valence-corrected chi connectivity index (χ2v) is 5.36. The van der Waals surface area contributed by atoms with Crippen LogP contribution < -0.4 is 0 Å². The highest BCUT2D eigenvalue weighted by atomic mass is 79.9. The highest BCUT2D eigenvalue weighted by molar-refractivity contribution is 9.08. The summed E-state index contributed by atoms with van der Waals surface area (Å²) in [5.74, 6) is 0.753. The minimum Gasteiger partial charge on any atom is -0.361 e. The molecule has 0 aliphatic carbocycles. The molecule has 1 heterocycles. The highest BCUT2D eigenvalue weighted by Crippen LogP contribution is 2.16. The van der Waals surface area contributed by atoms with Gasteiger partial charge in [0.2, 0.25) is 0 Å². The van der Waals surface area contributed by atoms with E-state index in [1.54, 1.807) is 11.9 Å². The first kappa shape index (κ1) is 14.8. The smallest absolute Gasteiger partial charge is 0.253 e. The second kappa shape index (κ2) is 6.22. The Bertz CT molecular complexity index is 585. The average molecular weight is 337 g/mol. The molecule has 5 heteroatoms. The number of carbonyl (C=O) groups excluding carboxylic acids is 1. The Balaban J connectivity index is 2.12. The van der Waals surface area contributed by atoms with Gasteiger partial charge in [0.25, 0.3) is 5.91 Å². The number of hydrogen-bond donors (Lipinski definition) is 0. The van der Waals surface area contributed by atoms with E-state index in [9.17, 15) is 4.79 Å². The van der Waals surface area contributed by atoms with Crippen molar-refractivity contribution in [3.63, 3.8) is 0 Å². The van der Waals surface area contributed by atoms with E-state index >= 15 is 0 Å². The summed E-state index contributed by atoms with van der Waals surface area (Å²) in [5, 5.41) is 4.69. The van der Waals surface area contributed by atoms with E-state index in [-0.39, 0.29) is 5.91 Å². The SMILES string of the molecule is Cc1noc(C)c1CN(C)C(=O)c1ccc(CBr)cc1. The lowest BCUT2D eigenvalue weighted by Crippen LogP contribution is -2.26. The van der Waals surface area contributed by atoms with Gasteiger partial charge in [0.05, 0.1) is 12.2 Å². The van der Waals surface area contributed by atoms with Gasteiger partial charge in [0.1, 0.15) is 5.76 Å². The standard InChI is InChI=1S/C15H17BrN2O2/c1-10-14(11(2)20-17-10)9-18(3)15(19)13-6-4-12(8-16)5-7-13/h4-7H,8-9H2,1-3H3. The van der Waals surface area contributed by atoms with Crippen LogP contribution in [0, 0.1) is 13.8 Å². The molecule has 0 saturated heterocycles. The quantitative estimate of drug-likeness (QED) is 0.803. The summed E-state index contributed by atoms with van der Waals surface area (Å²) in [5.41, 5.74) is 3.63. The predicted octanol–water partition coefficient (Wildman–Crippen LogP) is 3.46. The van der Waals surface area contributed by atoms with Crippen LogP contribution in [-0.4, -0.2) is 23.0 Å². The molecule has 1 aromatic heterocycles. The number of hydrogen-bond acceptors (Lipinski definition) is 3. The summed E-state index contributed by atoms with van der Waals surface area (Å²) in [7, 11) is 1.78. The van der Waals surface area contributed by atoms with Crippen molar-refractivity contribution in [3.05, 3.63) is 52.4 Å². The van der Waals surface area contributed by atoms with Crippen LogP contribution in [0.4, 0.5) is 0 Å². The first-order valence-corrected chi connectivity index (χ1v) is 7.47. The Morgan fingerprint density at radius 2 is 1.95 bits per heavy atom. The minimum atomic E-state index is -0.00822. The van der Waals surface area contributed by atoms with Crippen molar-refractivity contribution in [2.75, 3.05) is 7.05 Å². The molecule has 0 bridgehead atoms. The number of carbonyl (C=O) groups is 1. The van der Waals surface area contributed by atoms with Gasteiger partial charge in [-0.15, -0.1) is 0 Å². The van der Waals surface area contributed by atoms with Crippen LogP contribution in [0.25, 0.3) is 0 Å². The molecule has 0 spiro atoms. The molecule has 2 aromatic rings. The van der Waals surface area contributed by atoms with E-state index in [0.29, 0.717) is 12.1 Å². The third-order valence-electron chi connectivity index (χ3n) is 3.28. The molecule has 0 atom stereocenters. The first-order chi connectivity index (χ1) is 9.52. The zero-order valence-corrected chi connectivity index (χ0v) is 13.4. The molecule has 106 valence electrons. The third-order valence-corrected chi connectivity index (χ3v) is 3.93. The van der Waals surface area contributed by atoms with E-state index in [4.69, 9.17) is 4.52 Å². The molecule has 20 heavy (non-hydrogen) atoms. The summed E-state index contributed by atoms with van der Waals surface area (Å²) in [6.07, 6.45) is 0. The highest BCUT2D eigenvalue weighted by Gasteiger charge is 2.16. The van der Waals surface area contributed by atoms with Crippen LogP contribution in [-0.2, 0) is 11.9 Å². The molecule has 2 rings (SSSR count). The molecule has 4 nitrogen and oxygen atoms in total. The predicted molar refractivity (Wildman–Crippen MR) is 80.8 cm³/mol. The van der Waals surface area contributed by atoms with Crippen molar-refractivity contribution in [1.29, 1.82) is 0 Å². The lowest BCUT2D eigenvalue weighted by Gasteiger charge is -2.17. The summed E-state index contributed by atoms with van der Waals surface area (Å²) in [4.78, 5) is 14.0. The zero-order chi connectivity index (χ0) is 14.7. The maximum Gasteiger partial charge on any atom is 0.253 e. The zero-order valence-electron chi connectivity index (χ0n) is 11.8. The van der Waals surface area contributed by atoms with Gasteiger partial charge in [0, 0.05) is 23.5 Å². The van der Waals surface area contributed by atoms with Crippen LogP contribution in [0.15, 0.2) is 28.8 Å². The summed E-state index contributed by atoms with van der Waals surface area (Å²) < 4.78 is 5.12. The van der Waals surface area contributed by atoms with Gasteiger partial charge in [-0.25, -0.2) is 0 Å². The number of rotatable bonds is 4. The molecule has 0 fully saturated rings. The van der Waals surface area contributed by atoms with E-state index in [1.165, 1.54) is 0 Å². The monoisotopic (exact) mass is 336 g/mol. The van der Waals surface area contributed by atoms with Gasteiger partial charge in [-0.1, -0.05) is 33.2 Å². The summed E-state index contributed by atoms with van der Waals surface area (Å²) in [6, 6.07) is 7.60.